The van der Waals surface area contributed by atoms with E-state index in [0.29, 0.717) is 12.1 Å². The average molecular weight is 275 g/mol. The summed E-state index contributed by atoms with van der Waals surface area (Å²) in [5.41, 5.74) is 7.27. The number of benzene rings is 1. The summed E-state index contributed by atoms with van der Waals surface area (Å²) in [6.45, 7) is 3.95. The molecular weight excluding hydrogens is 258 g/mol. The summed E-state index contributed by atoms with van der Waals surface area (Å²) < 4.78 is 0. The first kappa shape index (κ1) is 13.5. The van der Waals surface area contributed by atoms with Crippen LogP contribution in [0, 0.1) is 6.92 Å². The highest BCUT2D eigenvalue weighted by molar-refractivity contribution is 7.11. The van der Waals surface area contributed by atoms with Gasteiger partial charge in [0.1, 0.15) is 5.01 Å². The van der Waals surface area contributed by atoms with Gasteiger partial charge < -0.3 is 11.1 Å². The molecule has 2 rings (SSSR count). The molecule has 100 valence electrons. The summed E-state index contributed by atoms with van der Waals surface area (Å²) in [5.74, 6) is -0.00914. The summed E-state index contributed by atoms with van der Waals surface area (Å²) in [6.07, 6.45) is 2.18. The Morgan fingerprint density at radius 3 is 2.68 bits per heavy atom. The molecule has 5 heteroatoms. The van der Waals surface area contributed by atoms with Crippen LogP contribution in [0.1, 0.15) is 28.4 Å². The number of aryl methyl sites for hydroxylation is 1. The highest BCUT2D eigenvalue weighted by Gasteiger charge is 2.12. The number of amides is 1. The summed E-state index contributed by atoms with van der Waals surface area (Å²) >= 11 is 1.60. The van der Waals surface area contributed by atoms with Crippen molar-refractivity contribution in [3.8, 4) is 0 Å². The van der Waals surface area contributed by atoms with Gasteiger partial charge in [-0.1, -0.05) is 12.1 Å². The van der Waals surface area contributed by atoms with Gasteiger partial charge in [-0.25, -0.2) is 4.98 Å². The number of aromatic nitrogens is 1. The highest BCUT2D eigenvalue weighted by atomic mass is 32.1. The van der Waals surface area contributed by atoms with E-state index in [0.717, 1.165) is 15.4 Å². The van der Waals surface area contributed by atoms with Gasteiger partial charge in [-0.15, -0.1) is 11.3 Å². The van der Waals surface area contributed by atoms with E-state index < -0.39 is 0 Å². The minimum absolute atomic E-state index is 0.00914. The first-order valence-corrected chi connectivity index (χ1v) is 6.92. The van der Waals surface area contributed by atoms with Crippen molar-refractivity contribution in [2.24, 2.45) is 0 Å². The fourth-order valence-corrected chi connectivity index (χ4v) is 2.52. The first-order chi connectivity index (χ1) is 9.04. The van der Waals surface area contributed by atoms with Crippen molar-refractivity contribution in [2.45, 2.75) is 26.3 Å². The van der Waals surface area contributed by atoms with Crippen LogP contribution in [0.5, 0.6) is 0 Å². The summed E-state index contributed by atoms with van der Waals surface area (Å²) in [7, 11) is 0. The van der Waals surface area contributed by atoms with Gasteiger partial charge in [-0.3, -0.25) is 4.79 Å². The van der Waals surface area contributed by atoms with Crippen molar-refractivity contribution < 1.29 is 4.79 Å². The van der Waals surface area contributed by atoms with Gasteiger partial charge >= 0.3 is 0 Å². The predicted octanol–water partition coefficient (Wildman–Crippen LogP) is 2.45. The van der Waals surface area contributed by atoms with Crippen LogP contribution in [0.3, 0.4) is 0 Å². The highest BCUT2D eigenvalue weighted by Crippen LogP contribution is 2.19. The van der Waals surface area contributed by atoms with Crippen molar-refractivity contribution in [3.63, 3.8) is 0 Å². The number of anilines is 1. The zero-order chi connectivity index (χ0) is 13.8. The maximum atomic E-state index is 11.9. The number of rotatable bonds is 4. The number of hydrogen-bond acceptors (Lipinski definition) is 4. The lowest BCUT2D eigenvalue weighted by Gasteiger charge is -2.11. The molecule has 1 unspecified atom stereocenters. The summed E-state index contributed by atoms with van der Waals surface area (Å²) in [6, 6.07) is 7.28. The normalized spacial score (nSPS) is 12.1. The van der Waals surface area contributed by atoms with Crippen molar-refractivity contribution in [1.82, 2.24) is 10.3 Å². The molecule has 0 aliphatic rings. The summed E-state index contributed by atoms with van der Waals surface area (Å²) in [4.78, 5) is 17.3. The standard InChI is InChI=1S/C14H17N3OS/c1-9-8-16-14(19-9)10(2)17-13(18)7-11-3-5-12(15)6-4-11/h3-6,8,10H,7,15H2,1-2H3,(H,17,18). The van der Waals surface area contributed by atoms with E-state index in [4.69, 9.17) is 5.73 Å². The van der Waals surface area contributed by atoms with Crippen LogP contribution in [0.2, 0.25) is 0 Å². The Kier molecular flexibility index (Phi) is 4.16. The lowest BCUT2D eigenvalue weighted by molar-refractivity contribution is -0.121. The molecule has 0 radical (unpaired) electrons. The van der Waals surface area contributed by atoms with E-state index in [2.05, 4.69) is 10.3 Å². The maximum absolute atomic E-state index is 11.9. The molecule has 2 aromatic rings. The zero-order valence-corrected chi connectivity index (χ0v) is 11.8. The Balaban J connectivity index is 1.92. The molecule has 0 saturated heterocycles. The van der Waals surface area contributed by atoms with Gasteiger partial charge in [-0.05, 0) is 31.5 Å². The molecule has 19 heavy (non-hydrogen) atoms. The third-order valence-corrected chi connectivity index (χ3v) is 3.83. The van der Waals surface area contributed by atoms with E-state index in [1.165, 1.54) is 0 Å². The molecule has 1 aromatic carbocycles. The smallest absolute Gasteiger partial charge is 0.224 e. The lowest BCUT2D eigenvalue weighted by atomic mass is 10.1. The van der Waals surface area contributed by atoms with Crippen LogP contribution in [-0.2, 0) is 11.2 Å². The first-order valence-electron chi connectivity index (χ1n) is 6.10. The van der Waals surface area contributed by atoms with Crippen molar-refractivity contribution >= 4 is 22.9 Å². The van der Waals surface area contributed by atoms with E-state index in [1.807, 2.05) is 32.2 Å². The van der Waals surface area contributed by atoms with Gasteiger partial charge in [-0.2, -0.15) is 0 Å². The fraction of sp³-hybridized carbons (Fsp3) is 0.286. The molecule has 0 spiro atoms. The number of nitrogens with two attached hydrogens (primary N) is 1. The molecule has 4 nitrogen and oxygen atoms in total. The molecule has 0 saturated carbocycles. The topological polar surface area (TPSA) is 68.0 Å². The number of nitrogen functional groups attached to an aromatic ring is 1. The largest absolute Gasteiger partial charge is 0.399 e. The minimum Gasteiger partial charge on any atom is -0.399 e. The Morgan fingerprint density at radius 2 is 2.11 bits per heavy atom. The van der Waals surface area contributed by atoms with E-state index in [1.54, 1.807) is 23.5 Å². The zero-order valence-electron chi connectivity index (χ0n) is 11.0. The van der Waals surface area contributed by atoms with Crippen molar-refractivity contribution in [3.05, 3.63) is 45.9 Å². The Morgan fingerprint density at radius 1 is 1.42 bits per heavy atom. The number of hydrogen-bond donors (Lipinski definition) is 2. The fourth-order valence-electron chi connectivity index (χ4n) is 1.75. The van der Waals surface area contributed by atoms with E-state index in [9.17, 15) is 4.79 Å². The molecular formula is C14H17N3OS. The van der Waals surface area contributed by atoms with Crippen LogP contribution in [-0.4, -0.2) is 10.9 Å². The molecule has 0 fully saturated rings. The number of thiazole rings is 1. The van der Waals surface area contributed by atoms with Gasteiger partial charge in [0, 0.05) is 16.8 Å². The van der Waals surface area contributed by atoms with Crippen LogP contribution in [0.15, 0.2) is 30.5 Å². The Hall–Kier alpha value is -1.88. The van der Waals surface area contributed by atoms with Gasteiger partial charge in [0.15, 0.2) is 0 Å². The minimum atomic E-state index is -0.0556. The maximum Gasteiger partial charge on any atom is 0.224 e. The number of nitrogens with zero attached hydrogens (tertiary/aromatic N) is 1. The lowest BCUT2D eigenvalue weighted by Crippen LogP contribution is -2.28. The van der Waals surface area contributed by atoms with Gasteiger partial charge in [0.05, 0.1) is 12.5 Å². The molecule has 0 bridgehead atoms. The van der Waals surface area contributed by atoms with E-state index >= 15 is 0 Å². The molecule has 0 aliphatic carbocycles. The monoisotopic (exact) mass is 275 g/mol. The van der Waals surface area contributed by atoms with Gasteiger partial charge in [0.25, 0.3) is 0 Å². The predicted molar refractivity (Wildman–Crippen MR) is 78.0 cm³/mol. The molecule has 3 N–H and O–H groups in total. The SMILES string of the molecule is Cc1cnc(C(C)NC(=O)Cc2ccc(N)cc2)s1. The third-order valence-electron chi connectivity index (χ3n) is 2.73. The molecule has 1 atom stereocenters. The second-order valence-electron chi connectivity index (χ2n) is 4.52. The van der Waals surface area contributed by atoms with Crippen LogP contribution in [0.25, 0.3) is 0 Å². The van der Waals surface area contributed by atoms with Crippen molar-refractivity contribution in [2.75, 3.05) is 5.73 Å². The summed E-state index contributed by atoms with van der Waals surface area (Å²) in [5, 5.41) is 3.88. The quantitative estimate of drug-likeness (QED) is 0.842. The number of carbonyl (C=O) groups is 1. The Bertz CT molecular complexity index is 562. The molecule has 1 amide bonds. The van der Waals surface area contributed by atoms with Crippen LogP contribution in [0.4, 0.5) is 5.69 Å². The van der Waals surface area contributed by atoms with Gasteiger partial charge in [0.2, 0.25) is 5.91 Å². The number of carbonyl (C=O) groups excluding carboxylic acids is 1. The molecule has 1 heterocycles. The number of nitrogens with one attached hydrogen (secondary N) is 1. The van der Waals surface area contributed by atoms with E-state index in [-0.39, 0.29) is 11.9 Å². The molecule has 1 aromatic heterocycles. The average Bonchev–Trinajstić information content (AvgIpc) is 2.79. The van der Waals surface area contributed by atoms with Crippen LogP contribution >= 0.6 is 11.3 Å². The Labute approximate surface area is 116 Å². The van der Waals surface area contributed by atoms with Crippen molar-refractivity contribution in [1.29, 1.82) is 0 Å². The third kappa shape index (κ3) is 3.79. The molecule has 0 aliphatic heterocycles. The second kappa shape index (κ2) is 5.84. The van der Waals surface area contributed by atoms with Crippen LogP contribution < -0.4 is 11.1 Å². The second-order valence-corrected chi connectivity index (χ2v) is 5.78.